The van der Waals surface area contributed by atoms with Crippen LogP contribution in [0.25, 0.3) is 0 Å². The Morgan fingerprint density at radius 1 is 0.943 bits per heavy atom. The number of hydrogen-bond donors (Lipinski definition) is 0. The minimum absolute atomic E-state index is 0.565. The van der Waals surface area contributed by atoms with Crippen molar-refractivity contribution in [1.29, 1.82) is 0 Å². The van der Waals surface area contributed by atoms with Crippen molar-refractivity contribution in [1.82, 2.24) is 0 Å². The smallest absolute Gasteiger partial charge is 0.196 e. The molecular formula is C29H39BrCl2O3. The number of unbranched alkanes of at least 4 members (excludes halogenated alkanes) is 2. The molecule has 3 rings (SSSR count). The minimum Gasteiger partial charge on any atom is -0.457 e. The molecule has 0 amide bonds. The maximum absolute atomic E-state index is 6.41. The van der Waals surface area contributed by atoms with Crippen molar-refractivity contribution in [3.63, 3.8) is 0 Å². The third kappa shape index (κ3) is 12.0. The fourth-order valence-corrected chi connectivity index (χ4v) is 3.52. The van der Waals surface area contributed by atoms with Gasteiger partial charge in [0.25, 0.3) is 0 Å². The van der Waals surface area contributed by atoms with E-state index in [9.17, 15) is 0 Å². The van der Waals surface area contributed by atoms with Crippen LogP contribution in [-0.2, 0) is 15.3 Å². The molecule has 0 N–H and O–H groups in total. The van der Waals surface area contributed by atoms with Crippen molar-refractivity contribution in [2.24, 2.45) is 0 Å². The molecule has 0 saturated carbocycles. The number of rotatable bonds is 8. The van der Waals surface area contributed by atoms with E-state index >= 15 is 0 Å². The zero-order chi connectivity index (χ0) is 26.1. The summed E-state index contributed by atoms with van der Waals surface area (Å²) in [5, 5.41) is 1.23. The first kappa shape index (κ1) is 31.7. The predicted molar refractivity (Wildman–Crippen MR) is 154 cm³/mol. The SMILES string of the molecule is C/C=C(\C)Br.CCC/C=C/CCC.CCC1(c2ccc(Oc3ccc(Cl)cc3)cc2Cl)OCCO1. The summed E-state index contributed by atoms with van der Waals surface area (Å²) >= 11 is 15.5. The molecule has 1 saturated heterocycles. The van der Waals surface area contributed by atoms with E-state index in [0.717, 1.165) is 5.56 Å². The van der Waals surface area contributed by atoms with Crippen molar-refractivity contribution in [2.45, 2.75) is 72.5 Å². The standard InChI is InChI=1S/C17H16Cl2O3.C8H16.C4H7Br/c1-2-17(20-9-10-21-17)15-8-7-14(11-16(15)19)22-13-5-3-12(18)4-6-13;1-3-5-7-8-6-4-2;1-3-4(2)5/h3-8,11H,2,9-10H2,1H3;7-8H,3-6H2,1-2H3;3H,1-2H3/b;8-7+;4-3+. The Morgan fingerprint density at radius 2 is 1.46 bits per heavy atom. The Bertz CT molecular complexity index is 893. The molecule has 0 aromatic heterocycles. The van der Waals surface area contributed by atoms with Crippen LogP contribution in [0.2, 0.25) is 10.0 Å². The van der Waals surface area contributed by atoms with Crippen LogP contribution in [0.15, 0.2) is 65.2 Å². The van der Waals surface area contributed by atoms with Crippen LogP contribution in [0.1, 0.15) is 72.3 Å². The first-order chi connectivity index (χ1) is 16.8. The topological polar surface area (TPSA) is 27.7 Å². The Kier molecular flexibility index (Phi) is 16.3. The van der Waals surface area contributed by atoms with Gasteiger partial charge in [-0.1, -0.05) is 91.0 Å². The molecule has 0 atom stereocenters. The number of allylic oxidation sites excluding steroid dienone is 4. The van der Waals surface area contributed by atoms with E-state index in [4.69, 9.17) is 37.4 Å². The zero-order valence-electron chi connectivity index (χ0n) is 21.6. The quantitative estimate of drug-likeness (QED) is 0.288. The summed E-state index contributed by atoms with van der Waals surface area (Å²) in [5.74, 6) is 0.614. The molecule has 2 aromatic carbocycles. The van der Waals surface area contributed by atoms with Crippen LogP contribution in [0.3, 0.4) is 0 Å². The largest absolute Gasteiger partial charge is 0.457 e. The molecule has 1 fully saturated rings. The minimum atomic E-state index is -0.740. The number of ether oxygens (including phenoxy) is 3. The van der Waals surface area contributed by atoms with Crippen LogP contribution in [0, 0.1) is 0 Å². The van der Waals surface area contributed by atoms with Gasteiger partial charge in [0.05, 0.1) is 18.2 Å². The van der Waals surface area contributed by atoms with Crippen LogP contribution in [0.5, 0.6) is 11.5 Å². The second kappa shape index (κ2) is 18.0. The average Bonchev–Trinajstić information content (AvgIpc) is 3.34. The molecule has 0 radical (unpaired) electrons. The lowest BCUT2D eigenvalue weighted by Crippen LogP contribution is -2.26. The lowest BCUT2D eigenvalue weighted by Gasteiger charge is -2.27. The summed E-state index contributed by atoms with van der Waals surface area (Å²) in [5.41, 5.74) is 0.831. The van der Waals surface area contributed by atoms with E-state index in [1.807, 2.05) is 39.0 Å². The van der Waals surface area contributed by atoms with Gasteiger partial charge in [-0.2, -0.15) is 0 Å². The summed E-state index contributed by atoms with van der Waals surface area (Å²) in [6.45, 7) is 11.6. The zero-order valence-corrected chi connectivity index (χ0v) is 24.7. The van der Waals surface area contributed by atoms with Gasteiger partial charge in [-0.15, -0.1) is 0 Å². The molecule has 194 valence electrons. The molecule has 1 heterocycles. The Morgan fingerprint density at radius 3 is 1.89 bits per heavy atom. The van der Waals surface area contributed by atoms with Crippen molar-refractivity contribution in [3.05, 3.63) is 80.8 Å². The summed E-state index contributed by atoms with van der Waals surface area (Å²) in [7, 11) is 0. The second-order valence-corrected chi connectivity index (χ2v) is 10.0. The first-order valence-corrected chi connectivity index (χ1v) is 13.8. The van der Waals surface area contributed by atoms with Gasteiger partial charge in [0.2, 0.25) is 0 Å². The van der Waals surface area contributed by atoms with Gasteiger partial charge >= 0.3 is 0 Å². The molecule has 1 aliphatic rings. The van der Waals surface area contributed by atoms with E-state index in [-0.39, 0.29) is 0 Å². The molecule has 3 nitrogen and oxygen atoms in total. The highest BCUT2D eigenvalue weighted by atomic mass is 79.9. The maximum Gasteiger partial charge on any atom is 0.196 e. The highest BCUT2D eigenvalue weighted by Crippen LogP contribution is 2.40. The van der Waals surface area contributed by atoms with Gasteiger partial charge in [-0.3, -0.25) is 0 Å². The molecule has 0 bridgehead atoms. The lowest BCUT2D eigenvalue weighted by molar-refractivity contribution is -0.167. The highest BCUT2D eigenvalue weighted by Gasteiger charge is 2.38. The summed E-state index contributed by atoms with van der Waals surface area (Å²) < 4.78 is 18.5. The monoisotopic (exact) mass is 584 g/mol. The van der Waals surface area contributed by atoms with Crippen molar-refractivity contribution in [2.75, 3.05) is 13.2 Å². The summed E-state index contributed by atoms with van der Waals surface area (Å²) in [4.78, 5) is 0. The second-order valence-electron chi connectivity index (χ2n) is 7.93. The first-order valence-electron chi connectivity index (χ1n) is 12.3. The lowest BCUT2D eigenvalue weighted by atomic mass is 10.0. The van der Waals surface area contributed by atoms with Crippen molar-refractivity contribution >= 4 is 39.1 Å². The highest BCUT2D eigenvalue weighted by molar-refractivity contribution is 9.11. The van der Waals surface area contributed by atoms with Crippen LogP contribution < -0.4 is 4.74 Å². The predicted octanol–water partition coefficient (Wildman–Crippen LogP) is 10.8. The van der Waals surface area contributed by atoms with Crippen LogP contribution in [0.4, 0.5) is 0 Å². The third-order valence-corrected chi connectivity index (χ3v) is 6.12. The Balaban J connectivity index is 0.000000392. The van der Waals surface area contributed by atoms with E-state index < -0.39 is 5.79 Å². The molecule has 0 aliphatic carbocycles. The van der Waals surface area contributed by atoms with Gasteiger partial charge in [-0.25, -0.2) is 0 Å². The van der Waals surface area contributed by atoms with Gasteiger partial charge in [0, 0.05) is 17.0 Å². The van der Waals surface area contributed by atoms with Crippen LogP contribution >= 0.6 is 39.1 Å². The van der Waals surface area contributed by atoms with Crippen LogP contribution in [-0.4, -0.2) is 13.2 Å². The Hall–Kier alpha value is -1.30. The molecule has 35 heavy (non-hydrogen) atoms. The number of halogens is 3. The molecule has 0 spiro atoms. The molecule has 2 aromatic rings. The fraction of sp³-hybridized carbons (Fsp3) is 0.448. The maximum atomic E-state index is 6.41. The molecule has 0 unspecified atom stereocenters. The summed E-state index contributed by atoms with van der Waals surface area (Å²) in [6, 6.07) is 12.7. The molecular weight excluding hydrogens is 547 g/mol. The van der Waals surface area contributed by atoms with Gasteiger partial charge in [0.1, 0.15) is 11.5 Å². The normalized spacial score (nSPS) is 14.7. The molecule has 6 heteroatoms. The fourth-order valence-electron chi connectivity index (χ4n) is 3.08. The molecule has 1 aliphatic heterocycles. The summed E-state index contributed by atoms with van der Waals surface area (Å²) in [6.07, 6.45) is 12.3. The Labute approximate surface area is 230 Å². The van der Waals surface area contributed by atoms with E-state index in [2.05, 4.69) is 41.9 Å². The number of hydrogen-bond acceptors (Lipinski definition) is 3. The number of benzene rings is 2. The van der Waals surface area contributed by atoms with E-state index in [0.29, 0.717) is 41.2 Å². The van der Waals surface area contributed by atoms with Crippen molar-refractivity contribution < 1.29 is 14.2 Å². The van der Waals surface area contributed by atoms with Gasteiger partial charge in [-0.05, 0) is 73.6 Å². The third-order valence-electron chi connectivity index (χ3n) is 5.09. The van der Waals surface area contributed by atoms with Crippen molar-refractivity contribution in [3.8, 4) is 11.5 Å². The van der Waals surface area contributed by atoms with Gasteiger partial charge in [0.15, 0.2) is 5.79 Å². The van der Waals surface area contributed by atoms with Gasteiger partial charge < -0.3 is 14.2 Å². The van der Waals surface area contributed by atoms with E-state index in [1.54, 1.807) is 30.3 Å². The van der Waals surface area contributed by atoms with E-state index in [1.165, 1.54) is 30.2 Å². The average molecular weight is 586 g/mol.